The van der Waals surface area contributed by atoms with Crippen LogP contribution in [-0.4, -0.2) is 30.2 Å². The van der Waals surface area contributed by atoms with Gasteiger partial charge >= 0.3 is 6.03 Å². The van der Waals surface area contributed by atoms with Crippen LogP contribution in [0.3, 0.4) is 0 Å². The number of ether oxygens (including phenoxy) is 1. The molecule has 1 fully saturated rings. The highest BCUT2D eigenvalue weighted by molar-refractivity contribution is 5.84. The highest BCUT2D eigenvalue weighted by Crippen LogP contribution is 2.22. The van der Waals surface area contributed by atoms with E-state index in [1.165, 1.54) is 25.7 Å². The van der Waals surface area contributed by atoms with E-state index in [2.05, 4.69) is 15.6 Å². The van der Waals surface area contributed by atoms with Crippen LogP contribution < -0.4 is 15.4 Å². The lowest BCUT2D eigenvalue weighted by Gasteiger charge is -2.17. The third-order valence-corrected chi connectivity index (χ3v) is 4.43. The first-order valence-electron chi connectivity index (χ1n) is 8.84. The number of urea groups is 1. The van der Waals surface area contributed by atoms with E-state index >= 15 is 0 Å². The molecule has 24 heavy (non-hydrogen) atoms. The predicted molar refractivity (Wildman–Crippen MR) is 95.3 cm³/mol. The van der Waals surface area contributed by atoms with Crippen LogP contribution in [0.1, 0.15) is 38.5 Å². The molecule has 128 valence electrons. The largest absolute Gasteiger partial charge is 0.489 e. The van der Waals surface area contributed by atoms with Crippen molar-refractivity contribution in [2.24, 2.45) is 0 Å². The summed E-state index contributed by atoms with van der Waals surface area (Å²) in [5, 5.41) is 6.99. The lowest BCUT2D eigenvalue weighted by atomic mass is 10.1. The van der Waals surface area contributed by atoms with E-state index < -0.39 is 0 Å². The minimum absolute atomic E-state index is 0.0958. The summed E-state index contributed by atoms with van der Waals surface area (Å²) in [6, 6.07) is 10.00. The number of pyridine rings is 1. The molecule has 0 bridgehead atoms. The number of rotatable bonds is 5. The molecule has 5 heteroatoms. The van der Waals surface area contributed by atoms with Crippen LogP contribution in [0.15, 0.2) is 36.5 Å². The molecular weight excluding hydrogens is 302 g/mol. The number of nitrogens with one attached hydrogen (secondary N) is 2. The molecule has 0 radical (unpaired) electrons. The Morgan fingerprint density at radius 2 is 1.92 bits per heavy atom. The maximum absolute atomic E-state index is 12.0. The standard InChI is InChI=1S/C19H25N3O2/c23-19(22-16-9-3-1-2-4-10-16)21-13-14-24-17-11-5-7-15-8-6-12-20-18(15)17/h5-8,11-12,16H,1-4,9-10,13-14H2,(H2,21,22,23). The Morgan fingerprint density at radius 1 is 1.12 bits per heavy atom. The normalized spacial score (nSPS) is 15.7. The van der Waals surface area contributed by atoms with Crippen molar-refractivity contribution in [1.82, 2.24) is 15.6 Å². The van der Waals surface area contributed by atoms with Crippen molar-refractivity contribution in [3.05, 3.63) is 36.5 Å². The summed E-state index contributed by atoms with van der Waals surface area (Å²) in [5.74, 6) is 0.749. The second-order valence-electron chi connectivity index (χ2n) is 6.27. The summed E-state index contributed by atoms with van der Waals surface area (Å²) in [6.07, 6.45) is 8.93. The first kappa shape index (κ1) is 16.6. The molecule has 1 aromatic heterocycles. The van der Waals surface area contributed by atoms with Crippen LogP contribution >= 0.6 is 0 Å². The summed E-state index contributed by atoms with van der Waals surface area (Å²) < 4.78 is 5.77. The molecule has 0 spiro atoms. The number of benzene rings is 1. The molecule has 1 aromatic carbocycles. The number of hydrogen-bond acceptors (Lipinski definition) is 3. The van der Waals surface area contributed by atoms with Crippen LogP contribution in [0.2, 0.25) is 0 Å². The Hall–Kier alpha value is -2.30. The molecule has 2 amide bonds. The van der Waals surface area contributed by atoms with E-state index in [1.54, 1.807) is 6.20 Å². The van der Waals surface area contributed by atoms with E-state index in [1.807, 2.05) is 30.3 Å². The minimum Gasteiger partial charge on any atom is -0.489 e. The van der Waals surface area contributed by atoms with Crippen molar-refractivity contribution in [1.29, 1.82) is 0 Å². The van der Waals surface area contributed by atoms with Gasteiger partial charge in [0.1, 0.15) is 17.9 Å². The van der Waals surface area contributed by atoms with Crippen LogP contribution in [-0.2, 0) is 0 Å². The van der Waals surface area contributed by atoms with E-state index in [-0.39, 0.29) is 6.03 Å². The molecular formula is C19H25N3O2. The number of para-hydroxylation sites is 1. The Bertz CT molecular complexity index is 661. The van der Waals surface area contributed by atoms with Crippen molar-refractivity contribution in [2.45, 2.75) is 44.6 Å². The number of carbonyl (C=O) groups excluding carboxylic acids is 1. The highest BCUT2D eigenvalue weighted by atomic mass is 16.5. The fraction of sp³-hybridized carbons (Fsp3) is 0.474. The molecule has 1 saturated carbocycles. The second kappa shape index (κ2) is 8.52. The van der Waals surface area contributed by atoms with Crippen molar-refractivity contribution in [3.8, 4) is 5.75 Å². The summed E-state index contributed by atoms with van der Waals surface area (Å²) in [6.45, 7) is 0.898. The molecule has 0 atom stereocenters. The quantitative estimate of drug-likeness (QED) is 0.651. The molecule has 0 unspecified atom stereocenters. The van der Waals surface area contributed by atoms with E-state index in [4.69, 9.17) is 4.74 Å². The zero-order valence-corrected chi connectivity index (χ0v) is 14.0. The molecule has 1 heterocycles. The van der Waals surface area contributed by atoms with Gasteiger partial charge in [-0.25, -0.2) is 4.79 Å². The fourth-order valence-electron chi connectivity index (χ4n) is 3.18. The number of fused-ring (bicyclic) bond motifs is 1. The summed E-state index contributed by atoms with van der Waals surface area (Å²) in [5.41, 5.74) is 0.850. The van der Waals surface area contributed by atoms with Crippen molar-refractivity contribution in [2.75, 3.05) is 13.2 Å². The van der Waals surface area contributed by atoms with E-state index in [0.717, 1.165) is 29.5 Å². The first-order valence-corrected chi connectivity index (χ1v) is 8.84. The van der Waals surface area contributed by atoms with Crippen molar-refractivity contribution in [3.63, 3.8) is 0 Å². The zero-order chi connectivity index (χ0) is 16.6. The summed E-state index contributed by atoms with van der Waals surface area (Å²) in [7, 11) is 0. The Balaban J connectivity index is 1.42. The van der Waals surface area contributed by atoms with Crippen LogP contribution in [0.5, 0.6) is 5.75 Å². The van der Waals surface area contributed by atoms with E-state index in [9.17, 15) is 4.79 Å². The maximum atomic E-state index is 12.0. The SMILES string of the molecule is O=C(NCCOc1cccc2cccnc12)NC1CCCCCC1. The number of amides is 2. The van der Waals surface area contributed by atoms with Gasteiger partial charge in [0.15, 0.2) is 0 Å². The predicted octanol–water partition coefficient (Wildman–Crippen LogP) is 3.64. The number of aromatic nitrogens is 1. The smallest absolute Gasteiger partial charge is 0.315 e. The number of nitrogens with zero attached hydrogens (tertiary/aromatic N) is 1. The van der Waals surface area contributed by atoms with Crippen LogP contribution in [0, 0.1) is 0 Å². The van der Waals surface area contributed by atoms with Crippen molar-refractivity contribution < 1.29 is 9.53 Å². The molecule has 3 rings (SSSR count). The lowest BCUT2D eigenvalue weighted by molar-refractivity contribution is 0.231. The molecule has 2 N–H and O–H groups in total. The van der Waals surface area contributed by atoms with E-state index in [0.29, 0.717) is 19.2 Å². The van der Waals surface area contributed by atoms with Gasteiger partial charge in [0.25, 0.3) is 0 Å². The maximum Gasteiger partial charge on any atom is 0.315 e. The summed E-state index contributed by atoms with van der Waals surface area (Å²) in [4.78, 5) is 16.3. The van der Waals surface area contributed by atoms with Crippen LogP contribution in [0.25, 0.3) is 10.9 Å². The van der Waals surface area contributed by atoms with Crippen molar-refractivity contribution >= 4 is 16.9 Å². The van der Waals surface area contributed by atoms with Gasteiger partial charge in [-0.05, 0) is 25.0 Å². The third kappa shape index (κ3) is 4.60. The number of hydrogen-bond donors (Lipinski definition) is 2. The molecule has 5 nitrogen and oxygen atoms in total. The van der Waals surface area contributed by atoms with Crippen LogP contribution in [0.4, 0.5) is 4.79 Å². The topological polar surface area (TPSA) is 63.2 Å². The monoisotopic (exact) mass is 327 g/mol. The van der Waals surface area contributed by atoms with Gasteiger partial charge in [-0.1, -0.05) is 43.9 Å². The Kier molecular flexibility index (Phi) is 5.88. The van der Waals surface area contributed by atoms with Gasteiger partial charge in [-0.2, -0.15) is 0 Å². The number of carbonyl (C=O) groups is 1. The molecule has 0 aliphatic heterocycles. The molecule has 1 aliphatic rings. The average molecular weight is 327 g/mol. The van der Waals surface area contributed by atoms with Gasteiger partial charge in [-0.15, -0.1) is 0 Å². The molecule has 0 saturated heterocycles. The Labute approximate surface area is 142 Å². The van der Waals surface area contributed by atoms with Gasteiger partial charge in [0.05, 0.1) is 6.54 Å². The first-order chi connectivity index (χ1) is 11.8. The van der Waals surface area contributed by atoms with Gasteiger partial charge in [0.2, 0.25) is 0 Å². The van der Waals surface area contributed by atoms with Gasteiger partial charge in [-0.3, -0.25) is 4.98 Å². The highest BCUT2D eigenvalue weighted by Gasteiger charge is 2.14. The third-order valence-electron chi connectivity index (χ3n) is 4.43. The molecule has 2 aromatic rings. The zero-order valence-electron chi connectivity index (χ0n) is 14.0. The minimum atomic E-state index is -0.0958. The Morgan fingerprint density at radius 3 is 2.75 bits per heavy atom. The average Bonchev–Trinajstić information content (AvgIpc) is 2.87. The van der Waals surface area contributed by atoms with Gasteiger partial charge < -0.3 is 15.4 Å². The van der Waals surface area contributed by atoms with Gasteiger partial charge in [0, 0.05) is 17.6 Å². The lowest BCUT2D eigenvalue weighted by Crippen LogP contribution is -2.43. The molecule has 1 aliphatic carbocycles. The second-order valence-corrected chi connectivity index (χ2v) is 6.27. The fourth-order valence-corrected chi connectivity index (χ4v) is 3.18. The summed E-state index contributed by atoms with van der Waals surface area (Å²) >= 11 is 0.